The van der Waals surface area contributed by atoms with Gasteiger partial charge in [-0.3, -0.25) is 4.98 Å². The van der Waals surface area contributed by atoms with Crippen LogP contribution in [0.15, 0.2) is 30.5 Å². The van der Waals surface area contributed by atoms with E-state index >= 15 is 0 Å². The molecule has 0 unspecified atom stereocenters. The fourth-order valence-corrected chi connectivity index (χ4v) is 1.68. The van der Waals surface area contributed by atoms with Crippen molar-refractivity contribution in [3.63, 3.8) is 0 Å². The average molecular weight is 267 g/mol. The van der Waals surface area contributed by atoms with E-state index in [9.17, 15) is 0 Å². The van der Waals surface area contributed by atoms with E-state index in [4.69, 9.17) is 28.6 Å². The number of ether oxygens (including phenoxy) is 1. The van der Waals surface area contributed by atoms with E-state index in [1.807, 2.05) is 38.4 Å². The zero-order valence-corrected chi connectivity index (χ0v) is 11.0. The SMILES string of the molecule is CN(C)C(=S)Oc1cnc2c(Cl)cccc2c1. The number of halogens is 1. The van der Waals surface area contributed by atoms with Crippen molar-refractivity contribution in [3.05, 3.63) is 35.5 Å². The van der Waals surface area contributed by atoms with Gasteiger partial charge < -0.3 is 9.64 Å². The summed E-state index contributed by atoms with van der Waals surface area (Å²) in [4.78, 5) is 5.98. The van der Waals surface area contributed by atoms with Crippen molar-refractivity contribution < 1.29 is 4.74 Å². The van der Waals surface area contributed by atoms with Gasteiger partial charge in [-0.1, -0.05) is 23.7 Å². The topological polar surface area (TPSA) is 25.4 Å². The van der Waals surface area contributed by atoms with Gasteiger partial charge in [-0.15, -0.1) is 0 Å². The van der Waals surface area contributed by atoms with E-state index in [1.54, 1.807) is 11.1 Å². The largest absolute Gasteiger partial charge is 0.430 e. The van der Waals surface area contributed by atoms with Crippen LogP contribution in [0.4, 0.5) is 0 Å². The molecule has 0 radical (unpaired) electrons. The summed E-state index contributed by atoms with van der Waals surface area (Å²) in [7, 11) is 3.65. The number of fused-ring (bicyclic) bond motifs is 1. The van der Waals surface area contributed by atoms with Gasteiger partial charge in [-0.05, 0) is 24.4 Å². The summed E-state index contributed by atoms with van der Waals surface area (Å²) < 4.78 is 5.48. The highest BCUT2D eigenvalue weighted by atomic mass is 35.5. The Morgan fingerprint density at radius 3 is 2.88 bits per heavy atom. The molecule has 0 bridgehead atoms. The lowest BCUT2D eigenvalue weighted by Gasteiger charge is -2.14. The molecular weight excluding hydrogens is 256 g/mol. The molecule has 0 spiro atoms. The molecule has 0 saturated carbocycles. The zero-order chi connectivity index (χ0) is 12.4. The molecule has 1 aromatic carbocycles. The summed E-state index contributed by atoms with van der Waals surface area (Å²) >= 11 is 11.1. The lowest BCUT2D eigenvalue weighted by atomic mass is 10.2. The van der Waals surface area contributed by atoms with Crippen molar-refractivity contribution in [1.29, 1.82) is 0 Å². The molecule has 0 aliphatic heterocycles. The maximum absolute atomic E-state index is 6.03. The molecule has 1 heterocycles. The van der Waals surface area contributed by atoms with Gasteiger partial charge in [-0.25, -0.2) is 0 Å². The molecule has 0 N–H and O–H groups in total. The Morgan fingerprint density at radius 2 is 2.18 bits per heavy atom. The van der Waals surface area contributed by atoms with Crippen molar-refractivity contribution in [3.8, 4) is 5.75 Å². The Kier molecular flexibility index (Phi) is 3.45. The van der Waals surface area contributed by atoms with E-state index in [0.717, 1.165) is 10.9 Å². The zero-order valence-electron chi connectivity index (χ0n) is 9.48. The van der Waals surface area contributed by atoms with Crippen molar-refractivity contribution in [2.75, 3.05) is 14.1 Å². The highest BCUT2D eigenvalue weighted by Crippen LogP contribution is 2.24. The number of rotatable bonds is 1. The molecule has 2 rings (SSSR count). The molecule has 1 aromatic heterocycles. The summed E-state index contributed by atoms with van der Waals surface area (Å²) in [6.07, 6.45) is 1.62. The average Bonchev–Trinajstić information content (AvgIpc) is 2.29. The smallest absolute Gasteiger partial charge is 0.264 e. The van der Waals surface area contributed by atoms with Crippen LogP contribution in [0, 0.1) is 0 Å². The summed E-state index contributed by atoms with van der Waals surface area (Å²) in [5, 5.41) is 1.95. The highest BCUT2D eigenvalue weighted by Gasteiger charge is 2.05. The number of benzene rings is 1. The summed E-state index contributed by atoms with van der Waals surface area (Å²) in [6.45, 7) is 0. The van der Waals surface area contributed by atoms with E-state index in [1.165, 1.54) is 0 Å². The van der Waals surface area contributed by atoms with Crippen LogP contribution in [0.3, 0.4) is 0 Å². The molecule has 2 aromatic rings. The second kappa shape index (κ2) is 4.85. The van der Waals surface area contributed by atoms with Gasteiger partial charge in [-0.2, -0.15) is 0 Å². The van der Waals surface area contributed by atoms with Crippen LogP contribution < -0.4 is 4.74 Å². The second-order valence-corrected chi connectivity index (χ2v) is 4.50. The van der Waals surface area contributed by atoms with Gasteiger partial charge >= 0.3 is 0 Å². The third-order valence-corrected chi connectivity index (χ3v) is 2.96. The van der Waals surface area contributed by atoms with Crippen molar-refractivity contribution in [2.24, 2.45) is 0 Å². The van der Waals surface area contributed by atoms with Crippen molar-refractivity contribution in [1.82, 2.24) is 9.88 Å². The van der Waals surface area contributed by atoms with Gasteiger partial charge in [0.2, 0.25) is 0 Å². The van der Waals surface area contributed by atoms with Gasteiger partial charge in [0.25, 0.3) is 5.17 Å². The van der Waals surface area contributed by atoms with Crippen molar-refractivity contribution >= 4 is 39.9 Å². The molecule has 0 aliphatic rings. The van der Waals surface area contributed by atoms with Crippen LogP contribution in [0.1, 0.15) is 0 Å². The summed E-state index contributed by atoms with van der Waals surface area (Å²) in [6, 6.07) is 7.48. The maximum atomic E-state index is 6.03. The van der Waals surface area contributed by atoms with Crippen LogP contribution in [-0.2, 0) is 0 Å². The predicted molar refractivity (Wildman–Crippen MR) is 73.7 cm³/mol. The minimum absolute atomic E-state index is 0.396. The van der Waals surface area contributed by atoms with Crippen LogP contribution in [-0.4, -0.2) is 29.2 Å². The number of nitrogens with zero attached hydrogens (tertiary/aromatic N) is 2. The third-order valence-electron chi connectivity index (χ3n) is 2.21. The standard InChI is InChI=1S/C12H11ClN2OS/c1-15(2)12(17)16-9-6-8-4-3-5-10(13)11(8)14-7-9/h3-7H,1-2H3. The van der Waals surface area contributed by atoms with Gasteiger partial charge in [0.15, 0.2) is 0 Å². The van der Waals surface area contributed by atoms with Crippen LogP contribution in [0.25, 0.3) is 10.9 Å². The Bertz CT molecular complexity index is 571. The summed E-state index contributed by atoms with van der Waals surface area (Å²) in [5.74, 6) is 0.610. The molecular formula is C12H11ClN2OS. The molecule has 0 fully saturated rings. The Balaban J connectivity index is 2.35. The number of thiocarbonyl (C=S) groups is 1. The van der Waals surface area contributed by atoms with Crippen molar-refractivity contribution in [2.45, 2.75) is 0 Å². The lowest BCUT2D eigenvalue weighted by molar-refractivity contribution is 0.448. The molecule has 0 amide bonds. The van der Waals surface area contributed by atoms with E-state index in [0.29, 0.717) is 15.9 Å². The highest BCUT2D eigenvalue weighted by molar-refractivity contribution is 7.80. The quantitative estimate of drug-likeness (QED) is 0.741. The minimum Gasteiger partial charge on any atom is -0.430 e. The van der Waals surface area contributed by atoms with Gasteiger partial charge in [0.1, 0.15) is 5.75 Å². The number of hydrogen-bond acceptors (Lipinski definition) is 3. The van der Waals surface area contributed by atoms with E-state index < -0.39 is 0 Å². The van der Waals surface area contributed by atoms with Crippen LogP contribution >= 0.6 is 23.8 Å². The first-order valence-corrected chi connectivity index (χ1v) is 5.80. The maximum Gasteiger partial charge on any atom is 0.264 e. The predicted octanol–water partition coefficient (Wildman–Crippen LogP) is 3.11. The first-order valence-electron chi connectivity index (χ1n) is 5.01. The fraction of sp³-hybridized carbons (Fsp3) is 0.167. The molecule has 88 valence electrons. The first-order chi connectivity index (χ1) is 8.08. The number of aromatic nitrogens is 1. The molecule has 5 heteroatoms. The van der Waals surface area contributed by atoms with Crippen LogP contribution in [0.5, 0.6) is 5.75 Å². The van der Waals surface area contributed by atoms with Gasteiger partial charge in [0.05, 0.1) is 16.7 Å². The molecule has 3 nitrogen and oxygen atoms in total. The molecule has 0 saturated heterocycles. The van der Waals surface area contributed by atoms with E-state index in [-0.39, 0.29) is 0 Å². The molecule has 0 atom stereocenters. The monoisotopic (exact) mass is 266 g/mol. The van der Waals surface area contributed by atoms with Crippen LogP contribution in [0.2, 0.25) is 5.02 Å². The third kappa shape index (κ3) is 2.65. The number of pyridine rings is 1. The summed E-state index contributed by atoms with van der Waals surface area (Å²) in [5.41, 5.74) is 0.761. The normalized spacial score (nSPS) is 10.3. The Hall–Kier alpha value is -1.39. The molecule has 0 aliphatic carbocycles. The number of para-hydroxylation sites is 1. The van der Waals surface area contributed by atoms with E-state index in [2.05, 4.69) is 4.98 Å². The number of hydrogen-bond donors (Lipinski definition) is 0. The Morgan fingerprint density at radius 1 is 1.41 bits per heavy atom. The fourth-order valence-electron chi connectivity index (χ4n) is 1.35. The minimum atomic E-state index is 0.396. The van der Waals surface area contributed by atoms with Gasteiger partial charge in [0, 0.05) is 19.5 Å². The first kappa shape index (κ1) is 12.1. The Labute approximate surface area is 110 Å². The molecule has 17 heavy (non-hydrogen) atoms. The lowest BCUT2D eigenvalue weighted by Crippen LogP contribution is -2.24. The second-order valence-electron chi connectivity index (χ2n) is 3.74.